The first-order valence-corrected chi connectivity index (χ1v) is 6.67. The second-order valence-electron chi connectivity index (χ2n) is 5.38. The molecule has 1 aromatic carbocycles. The zero-order valence-corrected chi connectivity index (χ0v) is 12.9. The van der Waals surface area contributed by atoms with E-state index in [9.17, 15) is 10.1 Å². The third-order valence-electron chi connectivity index (χ3n) is 2.78. The summed E-state index contributed by atoms with van der Waals surface area (Å²) >= 11 is 3.16. The summed E-state index contributed by atoms with van der Waals surface area (Å²) in [5.74, 6) is 0.322. The Kier molecular flexibility index (Phi) is 3.51. The van der Waals surface area contributed by atoms with Crippen LogP contribution in [0.3, 0.4) is 0 Å². The third-order valence-corrected chi connectivity index (χ3v) is 3.45. The summed E-state index contributed by atoms with van der Waals surface area (Å²) < 4.78 is 1.95. The number of nitro benzene ring substituents is 1. The standard InChI is InChI=1S/C12H14BrN5O2/c1-12(2,3)10-11(14)15-16-17(10)7-4-5-8(13)9(6-7)18(19)20/h4-6H,14H2,1-3H3. The van der Waals surface area contributed by atoms with Crippen LogP contribution in [-0.2, 0) is 5.41 Å². The van der Waals surface area contributed by atoms with E-state index in [1.807, 2.05) is 20.8 Å². The predicted molar refractivity (Wildman–Crippen MR) is 78.8 cm³/mol. The third kappa shape index (κ3) is 2.51. The quantitative estimate of drug-likeness (QED) is 0.669. The van der Waals surface area contributed by atoms with Gasteiger partial charge in [0.1, 0.15) is 0 Å². The number of nitrogens with zero attached hydrogens (tertiary/aromatic N) is 4. The molecule has 0 atom stereocenters. The lowest BCUT2D eigenvalue weighted by Crippen LogP contribution is -2.19. The molecule has 0 fully saturated rings. The largest absolute Gasteiger partial charge is 0.381 e. The Morgan fingerprint density at radius 1 is 1.40 bits per heavy atom. The molecule has 2 aromatic rings. The molecule has 0 amide bonds. The topological polar surface area (TPSA) is 99.9 Å². The maximum absolute atomic E-state index is 11.0. The Morgan fingerprint density at radius 2 is 2.05 bits per heavy atom. The van der Waals surface area contributed by atoms with Crippen molar-refractivity contribution < 1.29 is 4.92 Å². The molecule has 0 radical (unpaired) electrons. The highest BCUT2D eigenvalue weighted by Crippen LogP contribution is 2.31. The lowest BCUT2D eigenvalue weighted by atomic mass is 9.91. The number of benzene rings is 1. The second-order valence-corrected chi connectivity index (χ2v) is 6.23. The van der Waals surface area contributed by atoms with Crippen LogP contribution in [-0.4, -0.2) is 19.9 Å². The van der Waals surface area contributed by atoms with Crippen molar-refractivity contribution in [2.75, 3.05) is 5.73 Å². The van der Waals surface area contributed by atoms with Crippen LogP contribution in [0.1, 0.15) is 26.5 Å². The first-order valence-electron chi connectivity index (χ1n) is 5.88. The minimum Gasteiger partial charge on any atom is -0.381 e. The Morgan fingerprint density at radius 3 is 2.60 bits per heavy atom. The lowest BCUT2D eigenvalue weighted by molar-refractivity contribution is -0.385. The van der Waals surface area contributed by atoms with Gasteiger partial charge in [-0.1, -0.05) is 26.0 Å². The monoisotopic (exact) mass is 339 g/mol. The van der Waals surface area contributed by atoms with Crippen molar-refractivity contribution in [2.24, 2.45) is 0 Å². The van der Waals surface area contributed by atoms with E-state index in [0.29, 0.717) is 21.7 Å². The molecule has 2 rings (SSSR count). The molecule has 0 spiro atoms. The molecule has 1 heterocycles. The molecule has 0 aliphatic heterocycles. The number of halogens is 1. The molecule has 0 saturated heterocycles. The van der Waals surface area contributed by atoms with Crippen LogP contribution >= 0.6 is 15.9 Å². The Balaban J connectivity index is 2.64. The van der Waals surface area contributed by atoms with Gasteiger partial charge in [0.2, 0.25) is 0 Å². The van der Waals surface area contributed by atoms with Crippen LogP contribution < -0.4 is 5.73 Å². The maximum Gasteiger partial charge on any atom is 0.285 e. The maximum atomic E-state index is 11.0. The first kappa shape index (κ1) is 14.4. The molecule has 8 heteroatoms. The first-order chi connectivity index (χ1) is 9.21. The molecule has 106 valence electrons. The smallest absolute Gasteiger partial charge is 0.285 e. The van der Waals surface area contributed by atoms with Gasteiger partial charge in [-0.05, 0) is 28.1 Å². The van der Waals surface area contributed by atoms with Gasteiger partial charge in [-0.15, -0.1) is 5.10 Å². The second kappa shape index (κ2) is 4.86. The lowest BCUT2D eigenvalue weighted by Gasteiger charge is -2.20. The SMILES string of the molecule is CC(C)(C)c1c(N)nnn1-c1ccc(Br)c([N+](=O)[O-])c1. The van der Waals surface area contributed by atoms with Crippen molar-refractivity contribution in [3.8, 4) is 5.69 Å². The van der Waals surface area contributed by atoms with Gasteiger partial charge in [0.05, 0.1) is 20.8 Å². The average molecular weight is 340 g/mol. The van der Waals surface area contributed by atoms with Crippen molar-refractivity contribution in [1.82, 2.24) is 15.0 Å². The van der Waals surface area contributed by atoms with E-state index in [0.717, 1.165) is 0 Å². The van der Waals surface area contributed by atoms with Crippen molar-refractivity contribution in [1.29, 1.82) is 0 Å². The van der Waals surface area contributed by atoms with Gasteiger partial charge in [-0.2, -0.15) is 0 Å². The van der Waals surface area contributed by atoms with Crippen LogP contribution in [0.2, 0.25) is 0 Å². The summed E-state index contributed by atoms with van der Waals surface area (Å²) in [4.78, 5) is 10.5. The highest BCUT2D eigenvalue weighted by atomic mass is 79.9. The van der Waals surface area contributed by atoms with Crippen LogP contribution in [0, 0.1) is 10.1 Å². The number of nitrogen functional groups attached to an aromatic ring is 1. The average Bonchev–Trinajstić information content (AvgIpc) is 2.71. The number of hydrogen-bond donors (Lipinski definition) is 1. The number of anilines is 1. The molecule has 0 aliphatic rings. The van der Waals surface area contributed by atoms with Crippen LogP contribution in [0.4, 0.5) is 11.5 Å². The fourth-order valence-electron chi connectivity index (χ4n) is 1.95. The molecule has 0 unspecified atom stereocenters. The molecule has 7 nitrogen and oxygen atoms in total. The van der Waals surface area contributed by atoms with E-state index in [2.05, 4.69) is 26.2 Å². The fraction of sp³-hybridized carbons (Fsp3) is 0.333. The zero-order chi connectivity index (χ0) is 15.1. The van der Waals surface area contributed by atoms with Crippen molar-refractivity contribution in [3.05, 3.63) is 38.5 Å². The van der Waals surface area contributed by atoms with E-state index in [-0.39, 0.29) is 11.1 Å². The van der Waals surface area contributed by atoms with Gasteiger partial charge in [-0.3, -0.25) is 10.1 Å². The number of hydrogen-bond acceptors (Lipinski definition) is 5. The molecular weight excluding hydrogens is 326 g/mol. The highest BCUT2D eigenvalue weighted by Gasteiger charge is 2.25. The number of aromatic nitrogens is 3. The predicted octanol–water partition coefficient (Wildman–Crippen LogP) is 2.82. The molecule has 20 heavy (non-hydrogen) atoms. The van der Waals surface area contributed by atoms with E-state index < -0.39 is 4.92 Å². The van der Waals surface area contributed by atoms with Crippen LogP contribution in [0.25, 0.3) is 5.69 Å². The Bertz CT molecular complexity index is 675. The summed E-state index contributed by atoms with van der Waals surface area (Å²) in [7, 11) is 0. The number of nitrogens with two attached hydrogens (primary N) is 1. The van der Waals surface area contributed by atoms with Crippen molar-refractivity contribution in [3.63, 3.8) is 0 Å². The minimum absolute atomic E-state index is 0.0311. The highest BCUT2D eigenvalue weighted by molar-refractivity contribution is 9.10. The van der Waals surface area contributed by atoms with Crippen molar-refractivity contribution >= 4 is 27.4 Å². The fourth-order valence-corrected chi connectivity index (χ4v) is 2.34. The normalized spacial score (nSPS) is 11.6. The van der Waals surface area contributed by atoms with Gasteiger partial charge < -0.3 is 5.73 Å². The Hall–Kier alpha value is -1.96. The summed E-state index contributed by atoms with van der Waals surface area (Å²) in [6, 6.07) is 4.77. The summed E-state index contributed by atoms with van der Waals surface area (Å²) in [6.07, 6.45) is 0. The van der Waals surface area contributed by atoms with E-state index in [4.69, 9.17) is 5.73 Å². The van der Waals surface area contributed by atoms with Crippen molar-refractivity contribution in [2.45, 2.75) is 26.2 Å². The van der Waals surface area contributed by atoms with Gasteiger partial charge >= 0.3 is 0 Å². The summed E-state index contributed by atoms with van der Waals surface area (Å²) in [5.41, 5.74) is 6.81. The van der Waals surface area contributed by atoms with E-state index >= 15 is 0 Å². The van der Waals surface area contributed by atoms with E-state index in [1.165, 1.54) is 10.7 Å². The van der Waals surface area contributed by atoms with Crippen LogP contribution in [0.5, 0.6) is 0 Å². The molecule has 1 aromatic heterocycles. The Labute approximate surface area is 124 Å². The molecule has 2 N–H and O–H groups in total. The molecule has 0 bridgehead atoms. The van der Waals surface area contributed by atoms with Gasteiger partial charge in [0, 0.05) is 11.5 Å². The van der Waals surface area contributed by atoms with Crippen LogP contribution in [0.15, 0.2) is 22.7 Å². The molecular formula is C12H14BrN5O2. The van der Waals surface area contributed by atoms with Gasteiger partial charge in [0.15, 0.2) is 5.82 Å². The zero-order valence-electron chi connectivity index (χ0n) is 11.3. The molecule has 0 aliphatic carbocycles. The number of rotatable bonds is 2. The summed E-state index contributed by atoms with van der Waals surface area (Å²) in [6.45, 7) is 5.93. The van der Waals surface area contributed by atoms with Gasteiger partial charge in [0.25, 0.3) is 5.69 Å². The van der Waals surface area contributed by atoms with E-state index in [1.54, 1.807) is 12.1 Å². The number of nitro groups is 1. The summed E-state index contributed by atoms with van der Waals surface area (Å²) in [5, 5.41) is 18.8. The molecule has 0 saturated carbocycles. The minimum atomic E-state index is -0.454. The van der Waals surface area contributed by atoms with Gasteiger partial charge in [-0.25, -0.2) is 4.68 Å².